The number of nitrogens with two attached hydrogens (primary N) is 1. The van der Waals surface area contributed by atoms with E-state index in [0.29, 0.717) is 0 Å². The Balaban J connectivity index is 2.05. The Hall–Kier alpha value is -1.39. The molecule has 4 heteroatoms. The van der Waals surface area contributed by atoms with E-state index in [1.807, 2.05) is 12.1 Å². The lowest BCUT2D eigenvalue weighted by Gasteiger charge is -2.15. The standard InChI is InChI=1S/C13H14N2OS/c14-10-5-2-6-11-12(10)15-13(17-11)8-3-1-4-9(16)7-8/h1,3-4,7,10,16H,2,5-6,14H2. The van der Waals surface area contributed by atoms with E-state index in [4.69, 9.17) is 5.73 Å². The Kier molecular flexibility index (Phi) is 2.61. The molecular formula is C13H14N2OS. The highest BCUT2D eigenvalue weighted by atomic mass is 32.1. The summed E-state index contributed by atoms with van der Waals surface area (Å²) in [4.78, 5) is 5.93. The lowest BCUT2D eigenvalue weighted by atomic mass is 9.99. The highest BCUT2D eigenvalue weighted by Gasteiger charge is 2.22. The fraction of sp³-hybridized carbons (Fsp3) is 0.308. The molecule has 17 heavy (non-hydrogen) atoms. The summed E-state index contributed by atoms with van der Waals surface area (Å²) in [7, 11) is 0. The molecule has 0 saturated carbocycles. The van der Waals surface area contributed by atoms with Crippen LogP contribution in [0.2, 0.25) is 0 Å². The molecule has 1 aliphatic carbocycles. The lowest BCUT2D eigenvalue weighted by molar-refractivity contribution is 0.475. The molecule has 1 aromatic carbocycles. The van der Waals surface area contributed by atoms with Gasteiger partial charge in [0.1, 0.15) is 10.8 Å². The van der Waals surface area contributed by atoms with Crippen LogP contribution in [0.15, 0.2) is 24.3 Å². The van der Waals surface area contributed by atoms with Crippen LogP contribution in [-0.2, 0) is 6.42 Å². The predicted molar refractivity (Wildman–Crippen MR) is 69.1 cm³/mol. The van der Waals surface area contributed by atoms with Gasteiger partial charge in [-0.1, -0.05) is 12.1 Å². The van der Waals surface area contributed by atoms with Gasteiger partial charge in [-0.3, -0.25) is 0 Å². The Labute approximate surface area is 104 Å². The van der Waals surface area contributed by atoms with Crippen LogP contribution in [0.1, 0.15) is 29.5 Å². The Bertz CT molecular complexity index is 550. The number of aromatic nitrogens is 1. The first-order valence-corrected chi connectivity index (χ1v) is 6.60. The third-order valence-corrected chi connectivity index (χ3v) is 4.27. The van der Waals surface area contributed by atoms with Gasteiger partial charge >= 0.3 is 0 Å². The summed E-state index contributed by atoms with van der Waals surface area (Å²) in [5.74, 6) is 0.278. The van der Waals surface area contributed by atoms with E-state index >= 15 is 0 Å². The number of fused-ring (bicyclic) bond motifs is 1. The van der Waals surface area contributed by atoms with Gasteiger partial charge in [0.05, 0.1) is 5.69 Å². The lowest BCUT2D eigenvalue weighted by Crippen LogP contribution is -2.16. The maximum absolute atomic E-state index is 9.48. The second-order valence-electron chi connectivity index (χ2n) is 4.38. The molecule has 88 valence electrons. The molecule has 3 nitrogen and oxygen atoms in total. The average molecular weight is 246 g/mol. The normalized spacial score (nSPS) is 19.0. The summed E-state index contributed by atoms with van der Waals surface area (Å²) in [6.07, 6.45) is 3.26. The molecule has 0 spiro atoms. The maximum atomic E-state index is 9.48. The highest BCUT2D eigenvalue weighted by molar-refractivity contribution is 7.15. The number of hydrogen-bond donors (Lipinski definition) is 2. The van der Waals surface area contributed by atoms with Crippen molar-refractivity contribution in [1.29, 1.82) is 0 Å². The van der Waals surface area contributed by atoms with Crippen LogP contribution in [-0.4, -0.2) is 10.1 Å². The zero-order chi connectivity index (χ0) is 11.8. The zero-order valence-corrected chi connectivity index (χ0v) is 10.2. The highest BCUT2D eigenvalue weighted by Crippen LogP contribution is 2.36. The van der Waals surface area contributed by atoms with Crippen LogP contribution in [0.4, 0.5) is 0 Å². The third-order valence-electron chi connectivity index (χ3n) is 3.09. The van der Waals surface area contributed by atoms with Gasteiger partial charge < -0.3 is 10.8 Å². The summed E-state index contributed by atoms with van der Waals surface area (Å²) in [6, 6.07) is 7.31. The minimum absolute atomic E-state index is 0.0843. The molecule has 0 radical (unpaired) electrons. The summed E-state index contributed by atoms with van der Waals surface area (Å²) < 4.78 is 0. The van der Waals surface area contributed by atoms with E-state index in [2.05, 4.69) is 4.98 Å². The van der Waals surface area contributed by atoms with Gasteiger partial charge in [-0.2, -0.15) is 0 Å². The zero-order valence-electron chi connectivity index (χ0n) is 9.39. The van der Waals surface area contributed by atoms with Crippen molar-refractivity contribution in [3.05, 3.63) is 34.8 Å². The van der Waals surface area contributed by atoms with Crippen molar-refractivity contribution in [3.63, 3.8) is 0 Å². The van der Waals surface area contributed by atoms with Crippen LogP contribution in [0.25, 0.3) is 10.6 Å². The Morgan fingerprint density at radius 1 is 1.41 bits per heavy atom. The molecule has 1 heterocycles. The summed E-state index contributed by atoms with van der Waals surface area (Å²) in [5.41, 5.74) is 8.09. The largest absolute Gasteiger partial charge is 0.508 e. The molecule has 1 atom stereocenters. The van der Waals surface area contributed by atoms with Crippen LogP contribution in [0, 0.1) is 0 Å². The van der Waals surface area contributed by atoms with Crippen molar-refractivity contribution in [2.24, 2.45) is 5.73 Å². The topological polar surface area (TPSA) is 59.1 Å². The first kappa shape index (κ1) is 10.7. The number of aromatic hydroxyl groups is 1. The molecule has 0 amide bonds. The third kappa shape index (κ3) is 1.94. The number of benzene rings is 1. The molecule has 1 unspecified atom stereocenters. The fourth-order valence-electron chi connectivity index (χ4n) is 2.21. The number of phenols is 1. The van der Waals surface area contributed by atoms with E-state index in [1.165, 1.54) is 4.88 Å². The van der Waals surface area contributed by atoms with Gasteiger partial charge in [0.25, 0.3) is 0 Å². The molecule has 0 bridgehead atoms. The Morgan fingerprint density at radius 2 is 2.29 bits per heavy atom. The molecule has 0 saturated heterocycles. The average Bonchev–Trinajstić information content (AvgIpc) is 2.74. The second kappa shape index (κ2) is 4.13. The number of rotatable bonds is 1. The number of thiazole rings is 1. The van der Waals surface area contributed by atoms with E-state index < -0.39 is 0 Å². The monoisotopic (exact) mass is 246 g/mol. The minimum Gasteiger partial charge on any atom is -0.508 e. The first-order chi connectivity index (χ1) is 8.24. The summed E-state index contributed by atoms with van der Waals surface area (Å²) in [6.45, 7) is 0. The number of phenolic OH excluding ortho intramolecular Hbond substituents is 1. The van der Waals surface area contributed by atoms with Gasteiger partial charge in [-0.25, -0.2) is 4.98 Å². The SMILES string of the molecule is NC1CCCc2sc(-c3cccc(O)c3)nc21. The van der Waals surface area contributed by atoms with Crippen LogP contribution in [0.5, 0.6) is 5.75 Å². The van der Waals surface area contributed by atoms with Crippen LogP contribution < -0.4 is 5.73 Å². The van der Waals surface area contributed by atoms with Crippen molar-refractivity contribution in [1.82, 2.24) is 4.98 Å². The smallest absolute Gasteiger partial charge is 0.124 e. The molecular weight excluding hydrogens is 232 g/mol. The number of hydrogen-bond acceptors (Lipinski definition) is 4. The van der Waals surface area contributed by atoms with E-state index in [0.717, 1.165) is 35.5 Å². The van der Waals surface area contributed by atoms with Gasteiger partial charge in [0.15, 0.2) is 0 Å². The van der Waals surface area contributed by atoms with Gasteiger partial charge in [-0.15, -0.1) is 11.3 Å². The minimum atomic E-state index is 0.0843. The van der Waals surface area contributed by atoms with Crippen molar-refractivity contribution in [3.8, 4) is 16.3 Å². The van der Waals surface area contributed by atoms with Crippen LogP contribution >= 0.6 is 11.3 Å². The van der Waals surface area contributed by atoms with Gasteiger partial charge in [0, 0.05) is 16.5 Å². The quantitative estimate of drug-likeness (QED) is 0.813. The van der Waals surface area contributed by atoms with Crippen molar-refractivity contribution < 1.29 is 5.11 Å². The number of nitrogens with zero attached hydrogens (tertiary/aromatic N) is 1. The van der Waals surface area contributed by atoms with Gasteiger partial charge in [-0.05, 0) is 31.4 Å². The molecule has 0 aliphatic heterocycles. The van der Waals surface area contributed by atoms with E-state index in [9.17, 15) is 5.11 Å². The maximum Gasteiger partial charge on any atom is 0.124 e. The van der Waals surface area contributed by atoms with E-state index in [-0.39, 0.29) is 11.8 Å². The van der Waals surface area contributed by atoms with Gasteiger partial charge in [0.2, 0.25) is 0 Å². The Morgan fingerprint density at radius 3 is 3.06 bits per heavy atom. The molecule has 3 rings (SSSR count). The number of aryl methyl sites for hydroxylation is 1. The molecule has 3 N–H and O–H groups in total. The van der Waals surface area contributed by atoms with Crippen molar-refractivity contribution in [2.45, 2.75) is 25.3 Å². The second-order valence-corrected chi connectivity index (χ2v) is 5.46. The predicted octanol–water partition coefficient (Wildman–Crippen LogP) is 2.85. The molecule has 1 aliphatic rings. The molecule has 2 aromatic rings. The van der Waals surface area contributed by atoms with Crippen LogP contribution in [0.3, 0.4) is 0 Å². The summed E-state index contributed by atoms with van der Waals surface area (Å²) >= 11 is 1.70. The molecule has 1 aromatic heterocycles. The van der Waals surface area contributed by atoms with Crippen molar-refractivity contribution in [2.75, 3.05) is 0 Å². The molecule has 0 fully saturated rings. The summed E-state index contributed by atoms with van der Waals surface area (Å²) in [5, 5.41) is 10.4. The fourth-order valence-corrected chi connectivity index (χ4v) is 3.38. The van der Waals surface area contributed by atoms with Crippen molar-refractivity contribution >= 4 is 11.3 Å². The van der Waals surface area contributed by atoms with E-state index in [1.54, 1.807) is 23.5 Å². The first-order valence-electron chi connectivity index (χ1n) is 5.78.